The van der Waals surface area contributed by atoms with Crippen molar-refractivity contribution in [3.8, 4) is 12.3 Å². The highest BCUT2D eigenvalue weighted by Crippen LogP contribution is 2.43. The lowest BCUT2D eigenvalue weighted by Crippen LogP contribution is -2.40. The largest absolute Gasteiger partial charge is 0.332 e. The minimum Gasteiger partial charge on any atom is -0.332 e. The normalized spacial score (nSPS) is 31.2. The quantitative estimate of drug-likeness (QED) is 0.702. The van der Waals surface area contributed by atoms with Crippen molar-refractivity contribution in [1.29, 1.82) is 0 Å². The van der Waals surface area contributed by atoms with Gasteiger partial charge in [-0.1, -0.05) is 31.6 Å². The van der Waals surface area contributed by atoms with Crippen LogP contribution in [0.15, 0.2) is 0 Å². The van der Waals surface area contributed by atoms with Crippen LogP contribution in [0, 0.1) is 30.1 Å². The van der Waals surface area contributed by atoms with Gasteiger partial charge in [0.15, 0.2) is 0 Å². The Bertz CT molecular complexity index is 330. The van der Waals surface area contributed by atoms with E-state index < -0.39 is 0 Å². The number of carbonyl (C=O) groups is 1. The highest BCUT2D eigenvalue weighted by Gasteiger charge is 2.36. The van der Waals surface area contributed by atoms with Crippen molar-refractivity contribution in [1.82, 2.24) is 4.90 Å². The molecular formula is C16H25NO. The molecule has 0 aliphatic heterocycles. The molecule has 0 aromatic heterocycles. The molecule has 0 N–H and O–H groups in total. The zero-order chi connectivity index (χ0) is 13.0. The minimum absolute atomic E-state index is 0.248. The Morgan fingerprint density at radius 1 is 1.22 bits per heavy atom. The monoisotopic (exact) mass is 247 g/mol. The highest BCUT2D eigenvalue weighted by molar-refractivity contribution is 5.79. The summed E-state index contributed by atoms with van der Waals surface area (Å²) in [6.07, 6.45) is 14.3. The summed E-state index contributed by atoms with van der Waals surface area (Å²) in [6.45, 7) is 3.23. The summed E-state index contributed by atoms with van der Waals surface area (Å²) in [6, 6.07) is 0. The Hall–Kier alpha value is -0.970. The van der Waals surface area contributed by atoms with Crippen LogP contribution in [0.1, 0.15) is 51.9 Å². The molecule has 0 aromatic carbocycles. The number of nitrogens with zero attached hydrogens (tertiary/aromatic N) is 1. The average molecular weight is 247 g/mol. The van der Waals surface area contributed by atoms with Gasteiger partial charge < -0.3 is 4.90 Å². The highest BCUT2D eigenvalue weighted by atomic mass is 16.2. The van der Waals surface area contributed by atoms with Crippen molar-refractivity contribution < 1.29 is 4.79 Å². The van der Waals surface area contributed by atoms with E-state index in [0.717, 1.165) is 31.2 Å². The second-order valence-corrected chi connectivity index (χ2v) is 5.87. The number of amides is 1. The summed E-state index contributed by atoms with van der Waals surface area (Å²) in [7, 11) is 0. The van der Waals surface area contributed by atoms with Crippen molar-refractivity contribution in [2.24, 2.45) is 17.8 Å². The molecule has 1 amide bonds. The van der Waals surface area contributed by atoms with Crippen molar-refractivity contribution in [2.45, 2.75) is 51.9 Å². The summed E-state index contributed by atoms with van der Waals surface area (Å²) >= 11 is 0. The van der Waals surface area contributed by atoms with Crippen LogP contribution >= 0.6 is 0 Å². The zero-order valence-electron chi connectivity index (χ0n) is 11.5. The summed E-state index contributed by atoms with van der Waals surface area (Å²) in [5, 5.41) is 0. The molecular weight excluding hydrogens is 222 g/mol. The van der Waals surface area contributed by atoms with Crippen LogP contribution in [0.4, 0.5) is 0 Å². The third-order valence-electron chi connectivity index (χ3n) is 4.86. The Morgan fingerprint density at radius 2 is 1.94 bits per heavy atom. The summed E-state index contributed by atoms with van der Waals surface area (Å²) < 4.78 is 0. The lowest BCUT2D eigenvalue weighted by atomic mass is 9.67. The number of fused-ring (bicyclic) bond motifs is 1. The van der Waals surface area contributed by atoms with Gasteiger partial charge in [0.2, 0.25) is 5.91 Å². The van der Waals surface area contributed by atoms with Gasteiger partial charge in [-0.2, -0.15) is 0 Å². The zero-order valence-corrected chi connectivity index (χ0v) is 11.5. The van der Waals surface area contributed by atoms with E-state index in [-0.39, 0.29) is 5.92 Å². The molecule has 18 heavy (non-hydrogen) atoms. The smallest absolute Gasteiger partial charge is 0.226 e. The van der Waals surface area contributed by atoms with Gasteiger partial charge in [0.1, 0.15) is 0 Å². The molecule has 2 nitrogen and oxygen atoms in total. The van der Waals surface area contributed by atoms with E-state index in [9.17, 15) is 4.79 Å². The van der Waals surface area contributed by atoms with Crippen molar-refractivity contribution in [2.75, 3.05) is 13.1 Å². The molecule has 0 heterocycles. The maximum absolute atomic E-state index is 12.4. The molecule has 2 rings (SSSR count). The first-order valence-corrected chi connectivity index (χ1v) is 7.48. The maximum atomic E-state index is 12.4. The predicted octanol–water partition coefficient (Wildman–Crippen LogP) is 3.07. The SMILES string of the molecule is C#CCN(CC)C(=O)C1CCC2CCCCC2C1. The number of rotatable bonds is 3. The van der Waals surface area contributed by atoms with Gasteiger partial charge in [-0.05, 0) is 38.0 Å². The van der Waals surface area contributed by atoms with Crippen molar-refractivity contribution in [3.63, 3.8) is 0 Å². The molecule has 3 atom stereocenters. The molecule has 0 bridgehead atoms. The molecule has 0 saturated heterocycles. The minimum atomic E-state index is 0.248. The molecule has 3 unspecified atom stereocenters. The predicted molar refractivity (Wildman–Crippen MR) is 73.9 cm³/mol. The summed E-state index contributed by atoms with van der Waals surface area (Å²) in [5.74, 6) is 4.87. The van der Waals surface area contributed by atoms with Gasteiger partial charge in [-0.3, -0.25) is 4.79 Å². The maximum Gasteiger partial charge on any atom is 0.226 e. The van der Waals surface area contributed by atoms with E-state index in [4.69, 9.17) is 6.42 Å². The second kappa shape index (κ2) is 6.27. The molecule has 0 aromatic rings. The van der Waals surface area contributed by atoms with E-state index in [0.29, 0.717) is 12.5 Å². The fraction of sp³-hybridized carbons (Fsp3) is 0.812. The van der Waals surface area contributed by atoms with Crippen LogP contribution in [-0.4, -0.2) is 23.9 Å². The average Bonchev–Trinajstić information content (AvgIpc) is 2.43. The molecule has 0 spiro atoms. The number of carbonyl (C=O) groups excluding carboxylic acids is 1. The van der Waals surface area contributed by atoms with Crippen molar-refractivity contribution >= 4 is 5.91 Å². The number of hydrogen-bond donors (Lipinski definition) is 0. The van der Waals surface area contributed by atoms with Gasteiger partial charge in [0.25, 0.3) is 0 Å². The van der Waals surface area contributed by atoms with E-state index >= 15 is 0 Å². The molecule has 2 aliphatic carbocycles. The van der Waals surface area contributed by atoms with E-state index in [2.05, 4.69) is 5.92 Å². The standard InChI is InChI=1S/C16H25NO/c1-3-11-17(4-2)16(18)15-10-9-13-7-5-6-8-14(13)12-15/h1,13-15H,4-12H2,2H3. The summed E-state index contributed by atoms with van der Waals surface area (Å²) in [4.78, 5) is 14.3. The molecule has 2 aliphatic rings. The van der Waals surface area contributed by atoms with Crippen LogP contribution in [0.2, 0.25) is 0 Å². The van der Waals surface area contributed by atoms with E-state index in [1.807, 2.05) is 11.8 Å². The Labute approximate surface area is 111 Å². The molecule has 100 valence electrons. The molecule has 0 radical (unpaired) electrons. The van der Waals surface area contributed by atoms with Gasteiger partial charge >= 0.3 is 0 Å². The third kappa shape index (κ3) is 2.88. The molecule has 2 heteroatoms. The Kier molecular flexibility index (Phi) is 4.69. The fourth-order valence-corrected chi connectivity index (χ4v) is 3.81. The number of terminal acetylenes is 1. The van der Waals surface area contributed by atoms with Crippen LogP contribution < -0.4 is 0 Å². The molecule has 2 saturated carbocycles. The lowest BCUT2D eigenvalue weighted by Gasteiger charge is -2.39. The van der Waals surface area contributed by atoms with Gasteiger partial charge in [-0.15, -0.1) is 6.42 Å². The van der Waals surface area contributed by atoms with Crippen LogP contribution in [-0.2, 0) is 4.79 Å². The summed E-state index contributed by atoms with van der Waals surface area (Å²) in [5.41, 5.74) is 0. The van der Waals surface area contributed by atoms with Crippen LogP contribution in [0.3, 0.4) is 0 Å². The van der Waals surface area contributed by atoms with E-state index in [1.54, 1.807) is 0 Å². The Balaban J connectivity index is 1.93. The van der Waals surface area contributed by atoms with Crippen molar-refractivity contribution in [3.05, 3.63) is 0 Å². The van der Waals surface area contributed by atoms with E-state index in [1.165, 1.54) is 32.1 Å². The van der Waals surface area contributed by atoms with Gasteiger partial charge in [0.05, 0.1) is 6.54 Å². The Morgan fingerprint density at radius 3 is 2.61 bits per heavy atom. The first kappa shape index (κ1) is 13.5. The van der Waals surface area contributed by atoms with Gasteiger partial charge in [0, 0.05) is 12.5 Å². The number of hydrogen-bond acceptors (Lipinski definition) is 1. The first-order valence-electron chi connectivity index (χ1n) is 7.48. The molecule has 2 fully saturated rings. The fourth-order valence-electron chi connectivity index (χ4n) is 3.81. The van der Waals surface area contributed by atoms with Gasteiger partial charge in [-0.25, -0.2) is 0 Å². The van der Waals surface area contributed by atoms with Crippen LogP contribution in [0.5, 0.6) is 0 Å². The first-order chi connectivity index (χ1) is 8.76. The lowest BCUT2D eigenvalue weighted by molar-refractivity contribution is -0.137. The van der Waals surface area contributed by atoms with Crippen LogP contribution in [0.25, 0.3) is 0 Å². The topological polar surface area (TPSA) is 20.3 Å². The third-order valence-corrected chi connectivity index (χ3v) is 4.86. The second-order valence-electron chi connectivity index (χ2n) is 5.87.